The van der Waals surface area contributed by atoms with Crippen LogP contribution < -0.4 is 20.1 Å². The van der Waals surface area contributed by atoms with Crippen LogP contribution in [0.15, 0.2) is 22.7 Å². The zero-order valence-corrected chi connectivity index (χ0v) is 41.6. The van der Waals surface area contributed by atoms with Gasteiger partial charge in [0.15, 0.2) is 0 Å². The molecule has 5 aliphatic carbocycles. The largest absolute Gasteiger partial charge is 0.488 e. The number of aromatic nitrogens is 10. The fourth-order valence-electron chi connectivity index (χ4n) is 10.8. The minimum atomic E-state index is -0.781. The van der Waals surface area contributed by atoms with Crippen molar-refractivity contribution in [2.45, 2.75) is 172 Å². The predicted molar refractivity (Wildman–Crippen MR) is 259 cm³/mol. The molecule has 5 saturated carbocycles. The summed E-state index contributed by atoms with van der Waals surface area (Å²) < 4.78 is 27.9. The molecule has 21 heteroatoms. The van der Waals surface area contributed by atoms with Gasteiger partial charge in [-0.1, -0.05) is 23.8 Å². The molecule has 0 spiro atoms. The first-order chi connectivity index (χ1) is 34.9. The number of amides is 1. The van der Waals surface area contributed by atoms with E-state index in [9.17, 15) is 24.6 Å². The van der Waals surface area contributed by atoms with Crippen LogP contribution in [0.3, 0.4) is 0 Å². The summed E-state index contributed by atoms with van der Waals surface area (Å²) in [5, 5.41) is 47.8. The molecule has 10 rings (SSSR count). The molecule has 21 nitrogen and oxygen atoms in total. The molecule has 0 radical (unpaired) electrons. The maximum absolute atomic E-state index is 12.8. The van der Waals surface area contributed by atoms with E-state index in [0.717, 1.165) is 99.7 Å². The summed E-state index contributed by atoms with van der Waals surface area (Å²) in [6.07, 6.45) is 12.3. The number of carboxylic acids is 2. The first-order valence-electron chi connectivity index (χ1n) is 26.0. The quantitative estimate of drug-likeness (QED) is 0.0542. The van der Waals surface area contributed by atoms with E-state index in [1.54, 1.807) is 16.4 Å². The number of nitrogens with zero attached hydrogens (tertiary/aromatic N) is 10. The standard InChI is InChI=1S/C51H66N12O9/c1-5-8-27(2)69-51(68)53-26-39-47(58-61-63(39)4)45-36(24-41(44(56-45)30-15-16-30)71-35-12-7-10-32(23-35)49(66)67)33-19-28(20-33)21-42-55-50(59-72-42)52-25-38-46(57-60-62(38)3)37-17-18-40(43(54-37)29-13-14-29)70-34-11-6-9-31(22-34)48(64)65/h17-18,24,27-35H,5-16,19-23,25-26H2,1-4H3,(H,52,59)(H,53,68)(H,64,65)(H,66,67)/t27-,28?,31+,32+,33?,34+,35+/m1/s1. The van der Waals surface area contributed by atoms with E-state index < -0.39 is 23.9 Å². The van der Waals surface area contributed by atoms with Gasteiger partial charge in [-0.2, -0.15) is 4.98 Å². The van der Waals surface area contributed by atoms with Crippen LogP contribution >= 0.6 is 0 Å². The third-order valence-corrected chi connectivity index (χ3v) is 15.2. The van der Waals surface area contributed by atoms with Gasteiger partial charge in [-0.05, 0) is 144 Å². The molecule has 1 amide bonds. The van der Waals surface area contributed by atoms with Crippen LogP contribution in [0.5, 0.6) is 11.5 Å². The lowest BCUT2D eigenvalue weighted by molar-refractivity contribution is -0.144. The second kappa shape index (κ2) is 21.2. The van der Waals surface area contributed by atoms with E-state index in [4.69, 9.17) is 33.7 Å². The maximum atomic E-state index is 12.8. The van der Waals surface area contributed by atoms with E-state index in [0.29, 0.717) is 90.5 Å². The Hall–Kier alpha value is -6.67. The molecule has 5 heterocycles. The van der Waals surface area contributed by atoms with E-state index in [-0.39, 0.29) is 54.4 Å². The van der Waals surface area contributed by atoms with Gasteiger partial charge in [-0.15, -0.1) is 10.2 Å². The van der Waals surface area contributed by atoms with Crippen molar-refractivity contribution in [2.24, 2.45) is 31.8 Å². The predicted octanol–water partition coefficient (Wildman–Crippen LogP) is 8.01. The second-order valence-electron chi connectivity index (χ2n) is 20.8. The van der Waals surface area contributed by atoms with Crippen molar-refractivity contribution in [3.05, 3.63) is 52.4 Å². The number of carbonyl (C=O) groups excluding carboxylic acids is 1. The number of hydrogen-bond donors (Lipinski definition) is 4. The lowest BCUT2D eigenvalue weighted by Gasteiger charge is -2.36. The fourth-order valence-corrected chi connectivity index (χ4v) is 10.8. The van der Waals surface area contributed by atoms with Gasteiger partial charge in [0.2, 0.25) is 5.89 Å². The van der Waals surface area contributed by atoms with Crippen LogP contribution in [-0.4, -0.2) is 96.7 Å². The molecule has 0 unspecified atom stereocenters. The molecule has 0 bridgehead atoms. The zero-order valence-electron chi connectivity index (χ0n) is 41.6. The number of pyridine rings is 2. The van der Waals surface area contributed by atoms with Gasteiger partial charge in [0.1, 0.15) is 29.0 Å². The Kier molecular flexibility index (Phi) is 14.4. The van der Waals surface area contributed by atoms with E-state index in [2.05, 4.69) is 42.5 Å². The van der Waals surface area contributed by atoms with Gasteiger partial charge in [-0.3, -0.25) is 9.59 Å². The number of alkyl carbamates (subject to hydrolysis) is 1. The summed E-state index contributed by atoms with van der Waals surface area (Å²) in [6.45, 7) is 4.39. The summed E-state index contributed by atoms with van der Waals surface area (Å²) >= 11 is 0. The smallest absolute Gasteiger partial charge is 0.407 e. The third-order valence-electron chi connectivity index (χ3n) is 15.2. The van der Waals surface area contributed by atoms with E-state index in [1.165, 1.54) is 0 Å². The molecule has 72 heavy (non-hydrogen) atoms. The number of aryl methyl sites for hydroxylation is 2. The van der Waals surface area contributed by atoms with Crippen LogP contribution in [-0.2, 0) is 47.9 Å². The summed E-state index contributed by atoms with van der Waals surface area (Å²) in [5.74, 6) is 0.774. The van der Waals surface area contributed by atoms with Crippen molar-refractivity contribution in [3.8, 4) is 34.3 Å². The molecule has 5 aromatic heterocycles. The van der Waals surface area contributed by atoms with Crippen LogP contribution in [0, 0.1) is 17.8 Å². The Bertz CT molecular complexity index is 2760. The fraction of sp³-hybridized carbons (Fsp3) is 0.627. The molecule has 0 aromatic carbocycles. The lowest BCUT2D eigenvalue weighted by atomic mass is 9.69. The topological polar surface area (TPSA) is 270 Å². The normalized spacial score (nSPS) is 23.4. The summed E-state index contributed by atoms with van der Waals surface area (Å²) in [6, 6.07) is 5.94. The Morgan fingerprint density at radius 1 is 0.750 bits per heavy atom. The van der Waals surface area contributed by atoms with Gasteiger partial charge in [0.25, 0.3) is 5.95 Å². The van der Waals surface area contributed by atoms with Gasteiger partial charge in [-0.25, -0.2) is 24.1 Å². The SMILES string of the molecule is CCC[C@@H](C)OC(=O)NCc1c(-c2nc(C3CC3)c(O[C@H]3CCC[C@H](C(=O)O)C3)cc2C2CC(Cc3nc(NCc4c(-c5ccc(O[C@H]6CCC[C@H](C(=O)O)C6)c(C6CC6)n5)nnn4C)no3)C2)nnn1C. The average Bonchev–Trinajstić information content (AvgIpc) is 4.27. The lowest BCUT2D eigenvalue weighted by Crippen LogP contribution is -2.30. The van der Waals surface area contributed by atoms with Gasteiger partial charge < -0.3 is 39.6 Å². The number of hydrogen-bond acceptors (Lipinski definition) is 16. The zero-order chi connectivity index (χ0) is 50.0. The van der Waals surface area contributed by atoms with Crippen LogP contribution in [0.25, 0.3) is 22.8 Å². The number of nitrogens with one attached hydrogen (secondary N) is 2. The molecule has 4 N–H and O–H groups in total. The van der Waals surface area contributed by atoms with Gasteiger partial charge in [0.05, 0.1) is 71.3 Å². The Morgan fingerprint density at radius 3 is 2.01 bits per heavy atom. The highest BCUT2D eigenvalue weighted by Crippen LogP contribution is 2.51. The van der Waals surface area contributed by atoms with Crippen molar-refractivity contribution < 1.29 is 43.3 Å². The van der Waals surface area contributed by atoms with Crippen molar-refractivity contribution in [2.75, 3.05) is 5.32 Å². The van der Waals surface area contributed by atoms with Gasteiger partial charge >= 0.3 is 18.0 Å². The number of ether oxygens (including phenoxy) is 3. The minimum Gasteiger partial charge on any atom is -0.488 e. The van der Waals surface area contributed by atoms with Crippen LogP contribution in [0.4, 0.5) is 10.7 Å². The molecule has 5 atom stereocenters. The second-order valence-corrected chi connectivity index (χ2v) is 20.8. The maximum Gasteiger partial charge on any atom is 0.407 e. The molecule has 5 aromatic rings. The highest BCUT2D eigenvalue weighted by atomic mass is 16.6. The van der Waals surface area contributed by atoms with E-state index >= 15 is 0 Å². The highest BCUT2D eigenvalue weighted by molar-refractivity contribution is 5.71. The molecule has 384 valence electrons. The van der Waals surface area contributed by atoms with Gasteiger partial charge in [0, 0.05) is 32.4 Å². The number of aliphatic carboxylic acids is 2. The monoisotopic (exact) mass is 991 g/mol. The first-order valence-corrected chi connectivity index (χ1v) is 26.0. The molecular weight excluding hydrogens is 925 g/mol. The van der Waals surface area contributed by atoms with Crippen LogP contribution in [0.1, 0.15) is 169 Å². The first kappa shape index (κ1) is 48.9. The molecular formula is C51H66N12O9. The Morgan fingerprint density at radius 2 is 1.38 bits per heavy atom. The highest BCUT2D eigenvalue weighted by Gasteiger charge is 2.39. The number of carboxylic acid groups (broad SMARTS) is 2. The summed E-state index contributed by atoms with van der Waals surface area (Å²) in [5.41, 5.74) is 6.81. The molecule has 0 saturated heterocycles. The third kappa shape index (κ3) is 11.2. The van der Waals surface area contributed by atoms with Crippen molar-refractivity contribution in [1.82, 2.24) is 55.4 Å². The minimum absolute atomic E-state index is 0.0939. The number of anilines is 1. The van der Waals surface area contributed by atoms with Crippen LogP contribution in [0.2, 0.25) is 0 Å². The molecule has 5 fully saturated rings. The summed E-state index contributed by atoms with van der Waals surface area (Å²) in [4.78, 5) is 51.7. The summed E-state index contributed by atoms with van der Waals surface area (Å²) in [7, 11) is 3.63. The van der Waals surface area contributed by atoms with Crippen molar-refractivity contribution in [3.63, 3.8) is 0 Å². The Balaban J connectivity index is 0.825. The molecule has 0 aliphatic heterocycles. The number of carbonyl (C=O) groups is 3. The van der Waals surface area contributed by atoms with E-state index in [1.807, 2.05) is 33.0 Å². The molecule has 5 aliphatic rings. The van der Waals surface area contributed by atoms with Crippen molar-refractivity contribution in [1.29, 1.82) is 0 Å². The van der Waals surface area contributed by atoms with Crippen molar-refractivity contribution >= 4 is 24.0 Å². The number of rotatable bonds is 21. The Labute approximate surface area is 417 Å². The average molecular weight is 991 g/mol.